The minimum Gasteiger partial charge on any atom is -0.394 e. The maximum absolute atomic E-state index is 11.1. The molecule has 4 saturated carbocycles. The Hall–Kier alpha value is -0.520. The van der Waals surface area contributed by atoms with Gasteiger partial charge in [0, 0.05) is 12.3 Å². The quantitative estimate of drug-likeness (QED) is 0.194. The minimum atomic E-state index is -1.71. The van der Waals surface area contributed by atoms with Crippen LogP contribution in [0.5, 0.6) is 0 Å². The van der Waals surface area contributed by atoms with Crippen LogP contribution in [0, 0.1) is 52.3 Å². The summed E-state index contributed by atoms with van der Waals surface area (Å²) in [5.41, 5.74) is 0.425. The minimum absolute atomic E-state index is 0.168. The van der Waals surface area contributed by atoms with Crippen LogP contribution in [-0.4, -0.2) is 135 Å². The Morgan fingerprint density at radius 2 is 1.37 bits per heavy atom. The molecule has 8 aliphatic rings. The second-order valence-corrected chi connectivity index (χ2v) is 18.7. The number of rotatable bonds is 6. The maximum atomic E-state index is 11.1. The molecule has 7 N–H and O–H groups in total. The van der Waals surface area contributed by atoms with Crippen LogP contribution in [0.15, 0.2) is 0 Å². The van der Waals surface area contributed by atoms with Gasteiger partial charge < -0.3 is 64.2 Å². The van der Waals surface area contributed by atoms with Crippen LogP contribution in [0.25, 0.3) is 0 Å². The van der Waals surface area contributed by atoms with Gasteiger partial charge >= 0.3 is 0 Å². The molecule has 1 spiro atoms. The predicted octanol–water partition coefficient (Wildman–Crippen LogP) is 1.44. The molecule has 0 aromatic rings. The molecule has 298 valence electrons. The van der Waals surface area contributed by atoms with Crippen LogP contribution in [-0.2, 0) is 28.4 Å². The van der Waals surface area contributed by atoms with Crippen molar-refractivity contribution in [2.45, 2.75) is 171 Å². The second kappa shape index (κ2) is 14.1. The molecule has 22 atom stereocenters. The lowest BCUT2D eigenvalue weighted by Crippen LogP contribution is -2.65. The summed E-state index contributed by atoms with van der Waals surface area (Å²) < 4.78 is 37.5. The molecule has 0 amide bonds. The lowest BCUT2D eigenvalue weighted by molar-refractivity contribution is -0.373. The van der Waals surface area contributed by atoms with Gasteiger partial charge in [-0.15, -0.1) is 0 Å². The fourth-order valence-corrected chi connectivity index (χ4v) is 13.2. The molecule has 0 aromatic carbocycles. The Morgan fingerprint density at radius 1 is 0.673 bits per heavy atom. The first kappa shape index (κ1) is 38.4. The highest BCUT2D eigenvalue weighted by Crippen LogP contribution is 2.71. The second-order valence-electron chi connectivity index (χ2n) is 18.7. The zero-order chi connectivity index (χ0) is 36.9. The zero-order valence-electron chi connectivity index (χ0n) is 31.2. The van der Waals surface area contributed by atoms with E-state index in [0.717, 1.165) is 45.1 Å². The average molecular weight is 741 g/mol. The third-order valence-electron chi connectivity index (χ3n) is 16.2. The fraction of sp³-hybridized carbons (Fsp3) is 1.00. The summed E-state index contributed by atoms with van der Waals surface area (Å²) in [4.78, 5) is 0. The Morgan fingerprint density at radius 3 is 2.06 bits per heavy atom. The van der Waals surface area contributed by atoms with Crippen LogP contribution in [0.1, 0.15) is 91.9 Å². The van der Waals surface area contributed by atoms with Crippen LogP contribution in [0.2, 0.25) is 0 Å². The molecule has 4 saturated heterocycles. The zero-order valence-corrected chi connectivity index (χ0v) is 31.2. The average Bonchev–Trinajstić information content (AvgIpc) is 3.58. The van der Waals surface area contributed by atoms with Crippen molar-refractivity contribution in [3.05, 3.63) is 0 Å². The van der Waals surface area contributed by atoms with Gasteiger partial charge in [-0.1, -0.05) is 27.7 Å². The first-order valence-corrected chi connectivity index (χ1v) is 20.3. The summed E-state index contributed by atoms with van der Waals surface area (Å²) >= 11 is 0. The Balaban J connectivity index is 0.942. The highest BCUT2D eigenvalue weighted by atomic mass is 16.8. The molecule has 13 nitrogen and oxygen atoms in total. The van der Waals surface area contributed by atoms with E-state index in [1.807, 2.05) is 0 Å². The first-order chi connectivity index (χ1) is 24.7. The third kappa shape index (κ3) is 5.98. The van der Waals surface area contributed by atoms with Crippen molar-refractivity contribution in [1.82, 2.24) is 0 Å². The van der Waals surface area contributed by atoms with Crippen LogP contribution < -0.4 is 0 Å². The molecule has 4 aliphatic heterocycles. The smallest absolute Gasteiger partial charge is 0.187 e. The highest BCUT2D eigenvalue weighted by Gasteiger charge is 2.69. The largest absolute Gasteiger partial charge is 0.394 e. The maximum Gasteiger partial charge on any atom is 0.187 e. The van der Waals surface area contributed by atoms with Crippen LogP contribution >= 0.6 is 0 Å². The monoisotopic (exact) mass is 740 g/mol. The predicted molar refractivity (Wildman–Crippen MR) is 183 cm³/mol. The summed E-state index contributed by atoms with van der Waals surface area (Å²) in [7, 11) is 0. The summed E-state index contributed by atoms with van der Waals surface area (Å²) in [5.74, 6) is 3.51. The van der Waals surface area contributed by atoms with Crippen molar-refractivity contribution in [2.75, 3.05) is 19.8 Å². The third-order valence-corrected chi connectivity index (χ3v) is 16.2. The summed E-state index contributed by atoms with van der Waals surface area (Å²) in [6, 6.07) is 0. The molecular weight excluding hydrogens is 676 g/mol. The topological polar surface area (TPSA) is 197 Å². The molecule has 4 aliphatic carbocycles. The van der Waals surface area contributed by atoms with Gasteiger partial charge in [0.25, 0.3) is 0 Å². The van der Waals surface area contributed by atoms with Gasteiger partial charge in [0.05, 0.1) is 32.0 Å². The van der Waals surface area contributed by atoms with Gasteiger partial charge in [-0.05, 0) is 104 Å². The molecular formula is C39H64O13. The highest BCUT2D eigenvalue weighted by molar-refractivity contribution is 5.15. The Labute approximate surface area is 307 Å². The van der Waals surface area contributed by atoms with E-state index >= 15 is 0 Å². The molecule has 0 radical (unpaired) electrons. The van der Waals surface area contributed by atoms with Crippen molar-refractivity contribution in [2.24, 2.45) is 52.3 Å². The number of ether oxygens (including phenoxy) is 6. The molecule has 0 bridgehead atoms. The van der Waals surface area contributed by atoms with E-state index < -0.39 is 80.4 Å². The lowest BCUT2D eigenvalue weighted by atomic mass is 9.44. The number of aliphatic hydroxyl groups excluding tert-OH is 7. The number of aliphatic hydroxyl groups is 7. The SMILES string of the molecule is C[C@H]1CC[C@@]2(OC1)O[C@H]1CC3[C@@H]4CC[C@H]5C[C@@H](O[C@@H]6O[C@H](CO)[C@H](O)[C@H](O)[C@H]6O[C@@H]6O[C@H](CO)[C@@H](O)[C@H](O)[C@H]6O)CC[C@]5(C)[C@H]4CC[C@]3(C)[C@H]1[C@@H]2C. The van der Waals surface area contributed by atoms with Gasteiger partial charge in [-0.3, -0.25) is 0 Å². The molecule has 52 heavy (non-hydrogen) atoms. The van der Waals surface area contributed by atoms with E-state index in [0.29, 0.717) is 41.4 Å². The van der Waals surface area contributed by atoms with E-state index in [4.69, 9.17) is 28.4 Å². The molecule has 8 fully saturated rings. The molecule has 1 unspecified atom stereocenters. The van der Waals surface area contributed by atoms with E-state index in [1.54, 1.807) is 0 Å². The van der Waals surface area contributed by atoms with Gasteiger partial charge in [0.1, 0.15) is 48.8 Å². The van der Waals surface area contributed by atoms with Crippen molar-refractivity contribution < 1.29 is 64.2 Å². The number of fused-ring (bicyclic) bond motifs is 7. The summed E-state index contributed by atoms with van der Waals surface area (Å²) in [6.07, 6.45) is -3.88. The van der Waals surface area contributed by atoms with Crippen molar-refractivity contribution in [3.63, 3.8) is 0 Å². The van der Waals surface area contributed by atoms with E-state index in [1.165, 1.54) is 25.7 Å². The van der Waals surface area contributed by atoms with Crippen molar-refractivity contribution in [1.29, 1.82) is 0 Å². The molecule has 13 heteroatoms. The number of hydrogen-bond acceptors (Lipinski definition) is 13. The lowest BCUT2D eigenvalue weighted by Gasteiger charge is -2.61. The van der Waals surface area contributed by atoms with E-state index in [9.17, 15) is 35.7 Å². The van der Waals surface area contributed by atoms with E-state index in [2.05, 4.69) is 27.7 Å². The molecule has 4 heterocycles. The van der Waals surface area contributed by atoms with Gasteiger partial charge in [0.15, 0.2) is 18.4 Å². The van der Waals surface area contributed by atoms with E-state index in [-0.39, 0.29) is 23.0 Å². The van der Waals surface area contributed by atoms with Gasteiger partial charge in [-0.25, -0.2) is 0 Å². The molecule has 0 aromatic heterocycles. The van der Waals surface area contributed by atoms with Gasteiger partial charge in [-0.2, -0.15) is 0 Å². The van der Waals surface area contributed by atoms with Crippen LogP contribution in [0.4, 0.5) is 0 Å². The van der Waals surface area contributed by atoms with Crippen molar-refractivity contribution >= 4 is 0 Å². The van der Waals surface area contributed by atoms with Gasteiger partial charge in [0.2, 0.25) is 0 Å². The summed E-state index contributed by atoms with van der Waals surface area (Å²) in [5, 5.41) is 72.7. The Bertz CT molecular complexity index is 1260. The van der Waals surface area contributed by atoms with Crippen molar-refractivity contribution in [3.8, 4) is 0 Å². The molecule has 8 rings (SSSR count). The number of hydrogen-bond donors (Lipinski definition) is 7. The van der Waals surface area contributed by atoms with Crippen LogP contribution in [0.3, 0.4) is 0 Å². The normalized spacial score (nSPS) is 59.0. The fourth-order valence-electron chi connectivity index (χ4n) is 13.2. The summed E-state index contributed by atoms with van der Waals surface area (Å²) in [6.45, 7) is 9.33. The Kier molecular flexibility index (Phi) is 10.4. The standard InChI is InChI=1S/C39H64O13/c1-18-7-12-39(47-17-18)19(2)28-25(52-39)14-24-22-6-5-20-13-21(8-10-37(20,3)23(22)9-11-38(24,28)4)48-36-34(32(45)30(43)27(16-41)50-36)51-35-33(46)31(44)29(42)26(15-40)49-35/h18-36,40-46H,5-17H2,1-4H3/t18-,19-,20-,21-,22+,23-,24?,25-,26+,27+,28-,29+,30-,31-,32-,33+,34+,35-,36+,37-,38-,39+/m0/s1. The first-order valence-electron chi connectivity index (χ1n) is 20.3.